The van der Waals surface area contributed by atoms with Gasteiger partial charge in [-0.15, -0.1) is 0 Å². The number of phosphoric acid groups is 2. The summed E-state index contributed by atoms with van der Waals surface area (Å²) in [6, 6.07) is 0. The van der Waals surface area contributed by atoms with Crippen LogP contribution in [0.5, 0.6) is 0 Å². The highest BCUT2D eigenvalue weighted by Crippen LogP contribution is 2.45. The molecule has 0 aromatic heterocycles. The van der Waals surface area contributed by atoms with Crippen molar-refractivity contribution in [2.45, 2.75) is 502 Å². The third-order valence-corrected chi connectivity index (χ3v) is 22.9. The van der Waals surface area contributed by atoms with Crippen molar-refractivity contribution in [2.75, 3.05) is 39.6 Å². The van der Waals surface area contributed by atoms with Gasteiger partial charge in [0.1, 0.15) is 19.3 Å². The van der Waals surface area contributed by atoms with Gasteiger partial charge in [0.25, 0.3) is 0 Å². The van der Waals surface area contributed by atoms with Gasteiger partial charge in [0.15, 0.2) is 12.2 Å². The Morgan fingerprint density at radius 3 is 0.630 bits per heavy atom. The van der Waals surface area contributed by atoms with Gasteiger partial charge in [-0.3, -0.25) is 37.3 Å². The second-order valence-corrected chi connectivity index (χ2v) is 35.4. The summed E-state index contributed by atoms with van der Waals surface area (Å²) in [6.45, 7) is 7.33. The van der Waals surface area contributed by atoms with Crippen molar-refractivity contribution in [1.29, 1.82) is 0 Å². The molecule has 0 aromatic carbocycles. The van der Waals surface area contributed by atoms with E-state index in [1.165, 1.54) is 308 Å². The first-order valence-electron chi connectivity index (χ1n) is 46.1. The minimum absolute atomic E-state index is 0.108. The lowest BCUT2D eigenvalue weighted by molar-refractivity contribution is -0.161. The van der Waals surface area contributed by atoms with Gasteiger partial charge in [-0.2, -0.15) is 0 Å². The quantitative estimate of drug-likeness (QED) is 0.0222. The molecule has 5 atom stereocenters. The molecule has 0 rings (SSSR count). The molecule has 0 aromatic rings. The smallest absolute Gasteiger partial charge is 0.462 e. The first kappa shape index (κ1) is 106. The summed E-state index contributed by atoms with van der Waals surface area (Å²) in [7, 11) is -9.93. The van der Waals surface area contributed by atoms with E-state index in [0.717, 1.165) is 95.8 Å². The van der Waals surface area contributed by atoms with Crippen LogP contribution in [0.4, 0.5) is 0 Å². The fourth-order valence-electron chi connectivity index (χ4n) is 14.0. The number of aliphatic hydroxyl groups is 1. The Bertz CT molecular complexity index is 2050. The summed E-state index contributed by atoms with van der Waals surface area (Å²) < 4.78 is 68.9. The molecular weight excluding hydrogens is 1400 g/mol. The average molecular weight is 1580 g/mol. The number of rotatable bonds is 89. The number of unbranched alkanes of at least 4 members (excludes halogenated alkanes) is 61. The van der Waals surface area contributed by atoms with Crippen LogP contribution >= 0.6 is 15.6 Å². The molecule has 0 aliphatic rings. The standard InChI is InChI=1S/C89H174O17P2/c1-6-9-12-15-18-21-24-27-29-31-33-35-37-39-41-43-46-48-51-57-62-67-72-86(91)99-78-84(105-89(94)75-70-65-60-53-50-47-44-42-40-38-36-34-32-30-28-25-22-19-16-13-10-7-2)80-103-107(95,96)101-76-83(90)77-102-108(97,98)104-81-85(79-100-87(92)73-68-63-58-55-54-56-61-66-71-82(4)5)106-88(93)74-69-64-59-52-49-45-26-23-20-17-14-11-8-3/h82-85,90H,6-81H2,1-5H3,(H,95,96)(H,97,98)/t83-,84-,85-/m1/s1. The fourth-order valence-corrected chi connectivity index (χ4v) is 15.6. The molecule has 642 valence electrons. The van der Waals surface area contributed by atoms with E-state index >= 15 is 0 Å². The van der Waals surface area contributed by atoms with Crippen molar-refractivity contribution in [3.8, 4) is 0 Å². The number of hydrogen-bond acceptors (Lipinski definition) is 15. The highest BCUT2D eigenvalue weighted by molar-refractivity contribution is 7.47. The highest BCUT2D eigenvalue weighted by Gasteiger charge is 2.30. The second-order valence-electron chi connectivity index (χ2n) is 32.5. The van der Waals surface area contributed by atoms with Crippen molar-refractivity contribution in [1.82, 2.24) is 0 Å². The predicted octanol–water partition coefficient (Wildman–Crippen LogP) is 27.5. The molecule has 3 N–H and O–H groups in total. The van der Waals surface area contributed by atoms with Crippen LogP contribution in [0.3, 0.4) is 0 Å². The Kier molecular flexibility index (Phi) is 80.2. The van der Waals surface area contributed by atoms with E-state index in [2.05, 4.69) is 34.6 Å². The van der Waals surface area contributed by atoms with E-state index in [1.807, 2.05) is 0 Å². The van der Waals surface area contributed by atoms with Crippen LogP contribution in [0.1, 0.15) is 484 Å². The summed E-state index contributed by atoms with van der Waals surface area (Å²) in [4.78, 5) is 73.3. The summed E-state index contributed by atoms with van der Waals surface area (Å²) >= 11 is 0. The van der Waals surface area contributed by atoms with Gasteiger partial charge < -0.3 is 33.8 Å². The van der Waals surface area contributed by atoms with Crippen molar-refractivity contribution in [3.63, 3.8) is 0 Å². The van der Waals surface area contributed by atoms with Gasteiger partial charge in [0.2, 0.25) is 0 Å². The van der Waals surface area contributed by atoms with Gasteiger partial charge in [-0.1, -0.05) is 433 Å². The van der Waals surface area contributed by atoms with E-state index in [-0.39, 0.29) is 25.7 Å². The number of carbonyl (C=O) groups is 4. The molecule has 0 amide bonds. The first-order chi connectivity index (χ1) is 52.5. The third kappa shape index (κ3) is 82.1. The van der Waals surface area contributed by atoms with Gasteiger partial charge >= 0.3 is 39.5 Å². The monoisotopic (exact) mass is 1580 g/mol. The Morgan fingerprint density at radius 2 is 0.426 bits per heavy atom. The molecule has 0 heterocycles. The number of aliphatic hydroxyl groups excluding tert-OH is 1. The Hall–Kier alpha value is -1.94. The SMILES string of the molecule is CCCCCCCCCCCCCCCCCCCCCCCCC(=O)OC[C@H](COP(=O)(O)OC[C@@H](O)COP(=O)(O)OC[C@@H](COC(=O)CCCCCCCCCCC(C)C)OC(=O)CCCCCCCCCCCCCCC)OC(=O)CCCCCCCCCCCCCCCCCCCCCCCC. The predicted molar refractivity (Wildman–Crippen MR) is 446 cm³/mol. The lowest BCUT2D eigenvalue weighted by Crippen LogP contribution is -2.30. The lowest BCUT2D eigenvalue weighted by atomic mass is 10.0. The van der Waals surface area contributed by atoms with Gasteiger partial charge in [-0.05, 0) is 31.6 Å². The molecule has 0 saturated carbocycles. The van der Waals surface area contributed by atoms with Crippen molar-refractivity contribution < 1.29 is 80.2 Å². The number of hydrogen-bond donors (Lipinski definition) is 3. The number of ether oxygens (including phenoxy) is 4. The van der Waals surface area contributed by atoms with Crippen LogP contribution in [0.25, 0.3) is 0 Å². The second kappa shape index (κ2) is 81.6. The highest BCUT2D eigenvalue weighted by atomic mass is 31.2. The molecule has 0 fully saturated rings. The molecule has 17 nitrogen and oxygen atoms in total. The fraction of sp³-hybridized carbons (Fsp3) is 0.955. The van der Waals surface area contributed by atoms with E-state index in [0.29, 0.717) is 25.7 Å². The topological polar surface area (TPSA) is 237 Å². The summed E-state index contributed by atoms with van der Waals surface area (Å²) in [6.07, 6.45) is 76.7. The van der Waals surface area contributed by atoms with Crippen LogP contribution in [-0.4, -0.2) is 96.7 Å². The molecule has 0 aliphatic carbocycles. The van der Waals surface area contributed by atoms with Crippen molar-refractivity contribution in [2.24, 2.45) is 5.92 Å². The molecular formula is C89H174O17P2. The van der Waals surface area contributed by atoms with E-state index in [4.69, 9.17) is 37.0 Å². The van der Waals surface area contributed by atoms with Crippen LogP contribution in [0.15, 0.2) is 0 Å². The minimum atomic E-state index is -4.97. The van der Waals surface area contributed by atoms with E-state index in [1.54, 1.807) is 0 Å². The van der Waals surface area contributed by atoms with Crippen LogP contribution in [0.2, 0.25) is 0 Å². The number of esters is 4. The number of carbonyl (C=O) groups excluding carboxylic acids is 4. The zero-order chi connectivity index (χ0) is 79.0. The van der Waals surface area contributed by atoms with Gasteiger partial charge in [0.05, 0.1) is 26.4 Å². The molecule has 0 bridgehead atoms. The van der Waals surface area contributed by atoms with Crippen LogP contribution in [0, 0.1) is 5.92 Å². The maximum Gasteiger partial charge on any atom is 0.472 e. The Morgan fingerprint density at radius 1 is 0.250 bits per heavy atom. The zero-order valence-corrected chi connectivity index (χ0v) is 72.8. The van der Waals surface area contributed by atoms with Crippen molar-refractivity contribution >= 4 is 39.5 Å². The normalized spacial score (nSPS) is 13.7. The third-order valence-electron chi connectivity index (χ3n) is 21.0. The largest absolute Gasteiger partial charge is 0.472 e. The lowest BCUT2D eigenvalue weighted by Gasteiger charge is -2.21. The van der Waals surface area contributed by atoms with Gasteiger partial charge in [-0.25, -0.2) is 9.13 Å². The summed E-state index contributed by atoms with van der Waals surface area (Å²) in [5.41, 5.74) is 0. The Labute approximate surface area is 664 Å². The van der Waals surface area contributed by atoms with Crippen LogP contribution in [-0.2, 0) is 65.4 Å². The molecule has 0 radical (unpaired) electrons. The first-order valence-corrected chi connectivity index (χ1v) is 49.1. The molecule has 2 unspecified atom stereocenters. The van der Waals surface area contributed by atoms with E-state index < -0.39 is 97.5 Å². The van der Waals surface area contributed by atoms with E-state index in [9.17, 15) is 43.2 Å². The minimum Gasteiger partial charge on any atom is -0.462 e. The zero-order valence-electron chi connectivity index (χ0n) is 71.0. The Balaban J connectivity index is 5.20. The molecule has 0 spiro atoms. The summed E-state index contributed by atoms with van der Waals surface area (Å²) in [5, 5.41) is 10.7. The molecule has 0 aliphatic heterocycles. The maximum atomic E-state index is 13.2. The van der Waals surface area contributed by atoms with Crippen LogP contribution < -0.4 is 0 Å². The van der Waals surface area contributed by atoms with Crippen molar-refractivity contribution in [3.05, 3.63) is 0 Å². The average Bonchev–Trinajstić information content (AvgIpc) is 0.900. The molecule has 0 saturated heterocycles. The van der Waals surface area contributed by atoms with Gasteiger partial charge in [0, 0.05) is 25.7 Å². The molecule has 19 heteroatoms. The maximum absolute atomic E-state index is 13.2. The molecule has 108 heavy (non-hydrogen) atoms. The summed E-state index contributed by atoms with van der Waals surface area (Å²) in [5.74, 6) is -1.37. The number of phosphoric ester groups is 2.